The molecule has 2 aromatic carbocycles. The number of aryl methyl sites for hydroxylation is 1. The van der Waals surface area contributed by atoms with Crippen LogP contribution in [0.2, 0.25) is 0 Å². The molecular weight excluding hydrogens is 304 g/mol. The zero-order chi connectivity index (χ0) is 15.0. The minimum absolute atomic E-state index is 0. The summed E-state index contributed by atoms with van der Waals surface area (Å²) in [6, 6.07) is 11.7. The Hall–Kier alpha value is -2.53. The molecule has 0 amide bonds. The quantitative estimate of drug-likeness (QED) is 0.575. The third kappa shape index (κ3) is 2.76. The summed E-state index contributed by atoms with van der Waals surface area (Å²) in [5.74, 6) is 0.0629. The van der Waals surface area contributed by atoms with Crippen LogP contribution in [0.5, 0.6) is 11.5 Å². The van der Waals surface area contributed by atoms with E-state index in [9.17, 15) is 15.0 Å². The van der Waals surface area contributed by atoms with Crippen LogP contribution in [0.15, 0.2) is 42.5 Å². The molecule has 0 aliphatic carbocycles. The van der Waals surface area contributed by atoms with Crippen molar-refractivity contribution in [1.29, 1.82) is 0 Å². The topological polar surface area (TPSA) is 75.4 Å². The first-order chi connectivity index (χ1) is 10.1. The van der Waals surface area contributed by atoms with Gasteiger partial charge in [0.15, 0.2) is 17.3 Å². The second-order valence-electron chi connectivity index (χ2n) is 4.86. The van der Waals surface area contributed by atoms with Gasteiger partial charge in [-0.3, -0.25) is 4.79 Å². The molecule has 0 spiro atoms. The number of phenols is 2. The Morgan fingerprint density at radius 2 is 1.86 bits per heavy atom. The number of Topliss-reactive ketones (excluding diaryl/α,β-unsaturated/α-hetero) is 1. The number of benzene rings is 2. The monoisotopic (exact) mass is 318 g/mol. The van der Waals surface area contributed by atoms with Gasteiger partial charge in [-0.05, 0) is 37.3 Å². The molecule has 0 bridgehead atoms. The molecule has 0 aliphatic rings. The first-order valence-electron chi connectivity index (χ1n) is 6.53. The summed E-state index contributed by atoms with van der Waals surface area (Å²) in [5, 5.41) is 18.8. The van der Waals surface area contributed by atoms with Gasteiger partial charge < -0.3 is 14.8 Å². The van der Waals surface area contributed by atoms with Gasteiger partial charge in [0.25, 0.3) is 0 Å². The van der Waals surface area contributed by atoms with Gasteiger partial charge in [-0.2, -0.15) is 0 Å². The van der Waals surface area contributed by atoms with E-state index in [4.69, 9.17) is 0 Å². The smallest absolute Gasteiger partial charge is 0.182 e. The van der Waals surface area contributed by atoms with Crippen LogP contribution < -0.4 is 0 Å². The molecule has 0 radical (unpaired) electrons. The van der Waals surface area contributed by atoms with Gasteiger partial charge in [0, 0.05) is 5.56 Å². The molecule has 1 heterocycles. The molecule has 3 rings (SSSR count). The zero-order valence-corrected chi connectivity index (χ0v) is 12.7. The molecule has 0 unspecified atom stereocenters. The second kappa shape index (κ2) is 6.07. The van der Waals surface area contributed by atoms with Crippen molar-refractivity contribution in [2.75, 3.05) is 0 Å². The van der Waals surface area contributed by atoms with Crippen LogP contribution in [0, 0.1) is 6.92 Å². The number of para-hydroxylation sites is 2. The minimum atomic E-state index is -0.298. The summed E-state index contributed by atoms with van der Waals surface area (Å²) in [5.41, 5.74) is 2.09. The van der Waals surface area contributed by atoms with Crippen LogP contribution in [0.4, 0.5) is 0 Å². The molecule has 6 heteroatoms. The van der Waals surface area contributed by atoms with Crippen molar-refractivity contribution in [2.45, 2.75) is 13.5 Å². The lowest BCUT2D eigenvalue weighted by atomic mass is 10.1. The molecule has 3 aromatic rings. The summed E-state index contributed by atoms with van der Waals surface area (Å²) in [4.78, 5) is 16.7. The Kier molecular flexibility index (Phi) is 4.37. The number of hydrogen-bond donors (Lipinski definition) is 2. The molecule has 2 N–H and O–H groups in total. The molecule has 5 nitrogen and oxygen atoms in total. The van der Waals surface area contributed by atoms with E-state index in [1.807, 2.05) is 35.8 Å². The molecule has 0 fully saturated rings. The number of carbonyl (C=O) groups excluding carboxylic acids is 1. The number of nitrogens with zero attached hydrogens (tertiary/aromatic N) is 2. The number of aromatic hydroxyl groups is 2. The van der Waals surface area contributed by atoms with Gasteiger partial charge in [0.1, 0.15) is 5.82 Å². The predicted octanol–water partition coefficient (Wildman–Crippen LogP) is 3.06. The number of ketones is 1. The predicted molar refractivity (Wildman–Crippen MR) is 85.8 cm³/mol. The van der Waals surface area contributed by atoms with E-state index in [0.717, 1.165) is 16.9 Å². The van der Waals surface area contributed by atoms with E-state index in [-0.39, 0.29) is 36.2 Å². The maximum Gasteiger partial charge on any atom is 0.182 e. The van der Waals surface area contributed by atoms with Gasteiger partial charge in [0.2, 0.25) is 0 Å². The first-order valence-corrected chi connectivity index (χ1v) is 6.53. The number of imidazole rings is 1. The highest BCUT2D eigenvalue weighted by Gasteiger charge is 2.13. The third-order valence-corrected chi connectivity index (χ3v) is 3.44. The SMILES string of the molecule is Cc1nc2ccccc2n1CC(=O)c1ccc(O)c(O)c1.Cl. The zero-order valence-electron chi connectivity index (χ0n) is 11.9. The number of hydrogen-bond acceptors (Lipinski definition) is 4. The Morgan fingerprint density at radius 1 is 1.14 bits per heavy atom. The molecule has 0 aliphatic heterocycles. The fraction of sp³-hybridized carbons (Fsp3) is 0.125. The number of aromatic nitrogens is 2. The van der Waals surface area contributed by atoms with Gasteiger partial charge in [-0.1, -0.05) is 12.1 Å². The summed E-state index contributed by atoms with van der Waals surface area (Å²) in [6.07, 6.45) is 0. The average Bonchev–Trinajstić information content (AvgIpc) is 2.78. The largest absolute Gasteiger partial charge is 0.504 e. The lowest BCUT2D eigenvalue weighted by molar-refractivity contribution is 0.0972. The van der Waals surface area contributed by atoms with Crippen molar-refractivity contribution in [3.05, 3.63) is 53.9 Å². The maximum absolute atomic E-state index is 12.3. The fourth-order valence-corrected chi connectivity index (χ4v) is 2.33. The van der Waals surface area contributed by atoms with Crippen molar-refractivity contribution in [1.82, 2.24) is 9.55 Å². The molecule has 0 atom stereocenters. The maximum atomic E-state index is 12.3. The lowest BCUT2D eigenvalue weighted by Gasteiger charge is -2.07. The van der Waals surface area contributed by atoms with E-state index in [1.165, 1.54) is 18.2 Å². The standard InChI is InChI=1S/C16H14N2O3.ClH/c1-10-17-12-4-2-3-5-13(12)18(10)9-16(21)11-6-7-14(19)15(20)8-11;/h2-8,19-20H,9H2,1H3;1H. The van der Waals surface area contributed by atoms with Gasteiger partial charge in [-0.15, -0.1) is 12.4 Å². The van der Waals surface area contributed by atoms with E-state index in [0.29, 0.717) is 5.56 Å². The molecular formula is C16H15ClN2O3. The van der Waals surface area contributed by atoms with Crippen molar-refractivity contribution in [2.24, 2.45) is 0 Å². The Bertz CT molecular complexity index is 843. The molecule has 1 aromatic heterocycles. The van der Waals surface area contributed by atoms with E-state index < -0.39 is 0 Å². The highest BCUT2D eigenvalue weighted by molar-refractivity contribution is 5.97. The summed E-state index contributed by atoms with van der Waals surface area (Å²) >= 11 is 0. The molecule has 0 saturated heterocycles. The number of phenolic OH excluding ortho intramolecular Hbond substituents is 2. The second-order valence-corrected chi connectivity index (χ2v) is 4.86. The van der Waals surface area contributed by atoms with Crippen LogP contribution in [0.25, 0.3) is 11.0 Å². The van der Waals surface area contributed by atoms with E-state index in [1.54, 1.807) is 0 Å². The minimum Gasteiger partial charge on any atom is -0.504 e. The highest BCUT2D eigenvalue weighted by Crippen LogP contribution is 2.25. The summed E-state index contributed by atoms with van der Waals surface area (Å²) in [6.45, 7) is 1.98. The first kappa shape index (κ1) is 15.9. The lowest BCUT2D eigenvalue weighted by Crippen LogP contribution is -2.11. The van der Waals surface area contributed by atoms with Crippen LogP contribution in [-0.2, 0) is 6.54 Å². The fourth-order valence-electron chi connectivity index (χ4n) is 2.33. The normalized spacial score (nSPS) is 10.4. The van der Waals surface area contributed by atoms with Crippen LogP contribution in [-0.4, -0.2) is 25.5 Å². The number of rotatable bonds is 3. The van der Waals surface area contributed by atoms with Crippen molar-refractivity contribution < 1.29 is 15.0 Å². The van der Waals surface area contributed by atoms with Gasteiger partial charge in [0.05, 0.1) is 17.6 Å². The molecule has 22 heavy (non-hydrogen) atoms. The third-order valence-electron chi connectivity index (χ3n) is 3.44. The van der Waals surface area contributed by atoms with Crippen LogP contribution >= 0.6 is 12.4 Å². The average molecular weight is 319 g/mol. The molecule has 0 saturated carbocycles. The Balaban J connectivity index is 0.00000176. The van der Waals surface area contributed by atoms with Crippen molar-refractivity contribution >= 4 is 29.2 Å². The molecule has 114 valence electrons. The highest BCUT2D eigenvalue weighted by atomic mass is 35.5. The summed E-state index contributed by atoms with van der Waals surface area (Å²) in [7, 11) is 0. The van der Waals surface area contributed by atoms with Crippen molar-refractivity contribution in [3.63, 3.8) is 0 Å². The van der Waals surface area contributed by atoms with Gasteiger partial charge in [-0.25, -0.2) is 4.98 Å². The van der Waals surface area contributed by atoms with E-state index >= 15 is 0 Å². The van der Waals surface area contributed by atoms with Crippen LogP contribution in [0.1, 0.15) is 16.2 Å². The van der Waals surface area contributed by atoms with Crippen LogP contribution in [0.3, 0.4) is 0 Å². The number of halogens is 1. The number of fused-ring (bicyclic) bond motifs is 1. The summed E-state index contributed by atoms with van der Waals surface area (Å²) < 4.78 is 1.83. The number of carbonyl (C=O) groups is 1. The Morgan fingerprint density at radius 3 is 2.59 bits per heavy atom. The van der Waals surface area contributed by atoms with E-state index in [2.05, 4.69) is 4.98 Å². The Labute approximate surface area is 133 Å². The van der Waals surface area contributed by atoms with Gasteiger partial charge >= 0.3 is 0 Å². The van der Waals surface area contributed by atoms with Crippen molar-refractivity contribution in [3.8, 4) is 11.5 Å².